The summed E-state index contributed by atoms with van der Waals surface area (Å²) >= 11 is 1.20. The van der Waals surface area contributed by atoms with E-state index in [9.17, 15) is 13.2 Å². The predicted molar refractivity (Wildman–Crippen MR) is 115 cm³/mol. The van der Waals surface area contributed by atoms with Gasteiger partial charge in [0.05, 0.1) is 12.5 Å². The molecule has 1 atom stereocenters. The van der Waals surface area contributed by atoms with E-state index in [1.54, 1.807) is 17.5 Å². The fourth-order valence-corrected chi connectivity index (χ4v) is 6.15. The second-order valence-electron chi connectivity index (χ2n) is 7.47. The quantitative estimate of drug-likeness (QED) is 0.643. The van der Waals surface area contributed by atoms with Gasteiger partial charge in [0.25, 0.3) is 10.0 Å². The molecule has 1 aromatic carbocycles. The van der Waals surface area contributed by atoms with E-state index in [1.165, 1.54) is 15.6 Å². The Bertz CT molecular complexity index is 911. The van der Waals surface area contributed by atoms with E-state index < -0.39 is 10.0 Å². The number of nitrogens with one attached hydrogen (secondary N) is 1. The minimum atomic E-state index is -3.51. The Labute approximate surface area is 176 Å². The molecule has 2 aromatic rings. The molecule has 29 heavy (non-hydrogen) atoms. The summed E-state index contributed by atoms with van der Waals surface area (Å²) in [7, 11) is -3.51. The zero-order valence-corrected chi connectivity index (χ0v) is 18.5. The van der Waals surface area contributed by atoms with Crippen molar-refractivity contribution in [2.75, 3.05) is 26.2 Å². The summed E-state index contributed by atoms with van der Waals surface area (Å²) in [5.41, 5.74) is 1.14. The zero-order valence-electron chi connectivity index (χ0n) is 16.8. The van der Waals surface area contributed by atoms with Crippen molar-refractivity contribution in [3.05, 3.63) is 47.3 Å². The first-order valence-corrected chi connectivity index (χ1v) is 12.2. The molecule has 1 amide bonds. The molecule has 1 N–H and O–H groups in total. The van der Waals surface area contributed by atoms with Gasteiger partial charge in [-0.25, -0.2) is 8.42 Å². The number of carbonyl (C=O) groups excluding carboxylic acids is 1. The highest BCUT2D eigenvalue weighted by molar-refractivity contribution is 7.91. The molecule has 1 aliphatic heterocycles. The van der Waals surface area contributed by atoms with Crippen LogP contribution in [0.4, 0.5) is 0 Å². The van der Waals surface area contributed by atoms with Gasteiger partial charge < -0.3 is 10.1 Å². The predicted octanol–water partition coefficient (Wildman–Crippen LogP) is 3.47. The number of carbonyl (C=O) groups is 1. The first-order valence-electron chi connectivity index (χ1n) is 9.92. The molecule has 0 saturated carbocycles. The number of rotatable bonds is 8. The largest absolute Gasteiger partial charge is 0.491 e. The van der Waals surface area contributed by atoms with Crippen molar-refractivity contribution in [2.45, 2.75) is 36.8 Å². The molecule has 8 heteroatoms. The Morgan fingerprint density at radius 2 is 2.07 bits per heavy atom. The van der Waals surface area contributed by atoms with Crippen LogP contribution in [0, 0.1) is 5.92 Å². The minimum absolute atomic E-state index is 0.114. The van der Waals surface area contributed by atoms with Crippen LogP contribution in [0.2, 0.25) is 0 Å². The Morgan fingerprint density at radius 3 is 2.79 bits per heavy atom. The Balaban J connectivity index is 1.50. The molecule has 0 aliphatic carbocycles. The second kappa shape index (κ2) is 9.73. The maximum Gasteiger partial charge on any atom is 0.252 e. The van der Waals surface area contributed by atoms with Gasteiger partial charge in [0.2, 0.25) is 5.91 Å². The highest BCUT2D eigenvalue weighted by Crippen LogP contribution is 2.27. The standard InChI is InChI=1S/C21H28N2O4S2/c1-16(2)18-8-3-4-9-19(18)27-13-11-22-21(24)17-7-5-12-23(15-17)29(25,26)20-10-6-14-28-20/h3-4,6,8-10,14,16-17H,5,7,11-13,15H2,1-2H3,(H,22,24). The number of hydrogen-bond donors (Lipinski definition) is 1. The molecule has 6 nitrogen and oxygen atoms in total. The molecular weight excluding hydrogens is 408 g/mol. The van der Waals surface area contributed by atoms with Crippen LogP contribution in [0.5, 0.6) is 5.75 Å². The van der Waals surface area contributed by atoms with Crippen LogP contribution >= 0.6 is 11.3 Å². The zero-order chi connectivity index (χ0) is 20.9. The summed E-state index contributed by atoms with van der Waals surface area (Å²) in [6.45, 7) is 5.67. The van der Waals surface area contributed by atoms with Gasteiger partial charge in [-0.05, 0) is 41.8 Å². The third kappa shape index (κ3) is 5.38. The fourth-order valence-electron chi connectivity index (χ4n) is 3.48. The monoisotopic (exact) mass is 436 g/mol. The Kier molecular flexibility index (Phi) is 7.32. The summed E-state index contributed by atoms with van der Waals surface area (Å²) in [5.74, 6) is 0.750. The smallest absolute Gasteiger partial charge is 0.252 e. The number of benzene rings is 1. The van der Waals surface area contributed by atoms with E-state index in [0.717, 1.165) is 11.3 Å². The van der Waals surface area contributed by atoms with Gasteiger partial charge in [0.1, 0.15) is 16.6 Å². The molecule has 1 aromatic heterocycles. The van der Waals surface area contributed by atoms with Crippen molar-refractivity contribution in [1.29, 1.82) is 0 Å². The number of piperidine rings is 1. The van der Waals surface area contributed by atoms with Gasteiger partial charge >= 0.3 is 0 Å². The van der Waals surface area contributed by atoms with Gasteiger partial charge in [-0.1, -0.05) is 38.1 Å². The van der Waals surface area contributed by atoms with E-state index in [0.29, 0.717) is 42.7 Å². The lowest BCUT2D eigenvalue weighted by Gasteiger charge is -2.30. The molecule has 158 valence electrons. The van der Waals surface area contributed by atoms with E-state index in [1.807, 2.05) is 24.3 Å². The van der Waals surface area contributed by atoms with Crippen molar-refractivity contribution in [1.82, 2.24) is 9.62 Å². The van der Waals surface area contributed by atoms with E-state index in [4.69, 9.17) is 4.74 Å². The maximum atomic E-state index is 12.7. The maximum absolute atomic E-state index is 12.7. The number of hydrogen-bond acceptors (Lipinski definition) is 5. The molecule has 3 rings (SSSR count). The van der Waals surface area contributed by atoms with Crippen LogP contribution in [-0.2, 0) is 14.8 Å². The first-order chi connectivity index (χ1) is 13.9. The van der Waals surface area contributed by atoms with Crippen LogP contribution in [0.1, 0.15) is 38.2 Å². The molecule has 0 bridgehead atoms. The van der Waals surface area contributed by atoms with Gasteiger partial charge in [-0.3, -0.25) is 4.79 Å². The molecular formula is C21H28N2O4S2. The van der Waals surface area contributed by atoms with Gasteiger partial charge in [-0.2, -0.15) is 4.31 Å². The summed E-state index contributed by atoms with van der Waals surface area (Å²) < 4.78 is 33.0. The summed E-state index contributed by atoms with van der Waals surface area (Å²) in [6, 6.07) is 11.2. The van der Waals surface area contributed by atoms with Crippen LogP contribution in [0.25, 0.3) is 0 Å². The van der Waals surface area contributed by atoms with Crippen molar-refractivity contribution < 1.29 is 17.9 Å². The van der Waals surface area contributed by atoms with E-state index >= 15 is 0 Å². The van der Waals surface area contributed by atoms with Crippen LogP contribution in [-0.4, -0.2) is 44.9 Å². The number of sulfonamides is 1. The van der Waals surface area contributed by atoms with Gasteiger partial charge in [-0.15, -0.1) is 11.3 Å². The lowest BCUT2D eigenvalue weighted by atomic mass is 9.99. The number of thiophene rings is 1. The van der Waals surface area contributed by atoms with E-state index in [-0.39, 0.29) is 18.4 Å². The average molecular weight is 437 g/mol. The van der Waals surface area contributed by atoms with Crippen molar-refractivity contribution in [3.63, 3.8) is 0 Å². The Hall–Kier alpha value is -1.90. The number of para-hydroxylation sites is 1. The van der Waals surface area contributed by atoms with Crippen molar-refractivity contribution >= 4 is 27.3 Å². The van der Waals surface area contributed by atoms with Crippen LogP contribution < -0.4 is 10.1 Å². The number of nitrogens with zero attached hydrogens (tertiary/aromatic N) is 1. The van der Waals surface area contributed by atoms with Gasteiger partial charge in [0.15, 0.2) is 0 Å². The lowest BCUT2D eigenvalue weighted by molar-refractivity contribution is -0.126. The van der Waals surface area contributed by atoms with Crippen LogP contribution in [0.3, 0.4) is 0 Å². The molecule has 1 aliphatic rings. The lowest BCUT2D eigenvalue weighted by Crippen LogP contribution is -2.45. The fraction of sp³-hybridized carbons (Fsp3) is 0.476. The highest BCUT2D eigenvalue weighted by atomic mass is 32.2. The molecule has 0 spiro atoms. The summed E-state index contributed by atoms with van der Waals surface area (Å²) in [6.07, 6.45) is 1.38. The number of amides is 1. The second-order valence-corrected chi connectivity index (χ2v) is 10.6. The van der Waals surface area contributed by atoms with E-state index in [2.05, 4.69) is 19.2 Å². The highest BCUT2D eigenvalue weighted by Gasteiger charge is 2.33. The van der Waals surface area contributed by atoms with Gasteiger partial charge in [0, 0.05) is 13.1 Å². The molecule has 1 fully saturated rings. The first kappa shape index (κ1) is 21.8. The average Bonchev–Trinajstić information content (AvgIpc) is 3.27. The normalized spacial score (nSPS) is 18.0. The number of ether oxygens (including phenoxy) is 1. The van der Waals surface area contributed by atoms with Crippen molar-refractivity contribution in [3.8, 4) is 5.75 Å². The minimum Gasteiger partial charge on any atom is -0.491 e. The molecule has 1 saturated heterocycles. The third-order valence-electron chi connectivity index (χ3n) is 5.04. The third-order valence-corrected chi connectivity index (χ3v) is 8.28. The SMILES string of the molecule is CC(C)c1ccccc1OCCNC(=O)C1CCCN(S(=O)(=O)c2cccs2)C1. The summed E-state index contributed by atoms with van der Waals surface area (Å²) in [4.78, 5) is 12.6. The summed E-state index contributed by atoms with van der Waals surface area (Å²) in [5, 5.41) is 4.64. The molecule has 0 radical (unpaired) electrons. The van der Waals surface area contributed by atoms with Crippen LogP contribution in [0.15, 0.2) is 46.0 Å². The van der Waals surface area contributed by atoms with Crippen molar-refractivity contribution in [2.24, 2.45) is 5.92 Å². The Morgan fingerprint density at radius 1 is 1.28 bits per heavy atom. The molecule has 1 unspecified atom stereocenters. The topological polar surface area (TPSA) is 75.7 Å². The molecule has 2 heterocycles.